The SMILES string of the molecule is CNC1CCC(C(=O)NCc2cc(-c3ccncc3)ccc2OC)CC1.Cl.Cl. The average Bonchev–Trinajstić information content (AvgIpc) is 2.72. The van der Waals surface area contributed by atoms with Gasteiger partial charge in [-0.1, -0.05) is 6.07 Å². The summed E-state index contributed by atoms with van der Waals surface area (Å²) in [7, 11) is 3.65. The van der Waals surface area contributed by atoms with E-state index in [0.29, 0.717) is 12.6 Å². The summed E-state index contributed by atoms with van der Waals surface area (Å²) in [6, 6.07) is 10.6. The zero-order valence-corrected chi connectivity index (χ0v) is 17.9. The van der Waals surface area contributed by atoms with Crippen molar-refractivity contribution in [3.05, 3.63) is 48.3 Å². The zero-order chi connectivity index (χ0) is 18.4. The Morgan fingerprint density at radius 3 is 2.36 bits per heavy atom. The van der Waals surface area contributed by atoms with E-state index in [4.69, 9.17) is 4.74 Å². The first-order valence-corrected chi connectivity index (χ1v) is 9.23. The molecule has 1 fully saturated rings. The molecule has 28 heavy (non-hydrogen) atoms. The number of carbonyl (C=O) groups excluding carboxylic acids is 1. The van der Waals surface area contributed by atoms with E-state index in [1.807, 2.05) is 31.3 Å². The van der Waals surface area contributed by atoms with E-state index in [-0.39, 0.29) is 36.6 Å². The minimum absolute atomic E-state index is 0. The van der Waals surface area contributed by atoms with Crippen LogP contribution in [0.5, 0.6) is 5.75 Å². The first kappa shape index (κ1) is 24.2. The quantitative estimate of drug-likeness (QED) is 0.733. The zero-order valence-electron chi connectivity index (χ0n) is 16.3. The maximum atomic E-state index is 12.5. The molecule has 0 radical (unpaired) electrons. The summed E-state index contributed by atoms with van der Waals surface area (Å²) >= 11 is 0. The smallest absolute Gasteiger partial charge is 0.223 e. The molecular formula is C21H29Cl2N3O2. The first-order valence-electron chi connectivity index (χ1n) is 9.23. The lowest BCUT2D eigenvalue weighted by atomic mass is 9.85. The Kier molecular flexibility index (Phi) is 10.3. The largest absolute Gasteiger partial charge is 0.496 e. The molecule has 2 aromatic rings. The second-order valence-corrected chi connectivity index (χ2v) is 6.82. The molecule has 2 N–H and O–H groups in total. The predicted molar refractivity (Wildman–Crippen MR) is 117 cm³/mol. The number of rotatable bonds is 6. The van der Waals surface area contributed by atoms with Crippen LogP contribution in [0.25, 0.3) is 11.1 Å². The molecule has 0 aliphatic heterocycles. The Hall–Kier alpha value is -1.82. The Labute approximate surface area is 179 Å². The van der Waals surface area contributed by atoms with Gasteiger partial charge in [-0.15, -0.1) is 24.8 Å². The van der Waals surface area contributed by atoms with Gasteiger partial charge in [0.05, 0.1) is 7.11 Å². The van der Waals surface area contributed by atoms with Gasteiger partial charge in [0.1, 0.15) is 5.75 Å². The summed E-state index contributed by atoms with van der Waals surface area (Å²) in [6.45, 7) is 0.479. The molecule has 1 saturated carbocycles. The maximum absolute atomic E-state index is 12.5. The fraction of sp³-hybridized carbons (Fsp3) is 0.429. The number of nitrogens with one attached hydrogen (secondary N) is 2. The molecule has 1 aliphatic carbocycles. The van der Waals surface area contributed by atoms with Crippen molar-refractivity contribution in [1.82, 2.24) is 15.6 Å². The fourth-order valence-electron chi connectivity index (χ4n) is 3.61. The van der Waals surface area contributed by atoms with Crippen molar-refractivity contribution in [2.24, 2.45) is 5.92 Å². The van der Waals surface area contributed by atoms with Crippen LogP contribution < -0.4 is 15.4 Å². The van der Waals surface area contributed by atoms with E-state index < -0.39 is 0 Å². The topological polar surface area (TPSA) is 63.2 Å². The minimum atomic E-state index is 0. The van der Waals surface area contributed by atoms with Crippen LogP contribution in [-0.2, 0) is 11.3 Å². The highest BCUT2D eigenvalue weighted by molar-refractivity contribution is 5.85. The number of methoxy groups -OCH3 is 1. The highest BCUT2D eigenvalue weighted by atomic mass is 35.5. The molecule has 154 valence electrons. The molecule has 1 amide bonds. The van der Waals surface area contributed by atoms with Gasteiger partial charge in [-0.05, 0) is 68.1 Å². The number of halogens is 2. The Bertz CT molecular complexity index is 736. The van der Waals surface area contributed by atoms with E-state index in [9.17, 15) is 4.79 Å². The number of pyridine rings is 1. The maximum Gasteiger partial charge on any atom is 0.223 e. The number of ether oxygens (including phenoxy) is 1. The minimum Gasteiger partial charge on any atom is -0.496 e. The van der Waals surface area contributed by atoms with Crippen LogP contribution in [0.4, 0.5) is 0 Å². The van der Waals surface area contributed by atoms with Crippen LogP contribution in [0.15, 0.2) is 42.7 Å². The van der Waals surface area contributed by atoms with E-state index in [2.05, 4.69) is 21.7 Å². The number of nitrogens with zero attached hydrogens (tertiary/aromatic N) is 1. The molecule has 0 spiro atoms. The first-order chi connectivity index (χ1) is 12.7. The highest BCUT2D eigenvalue weighted by Gasteiger charge is 2.25. The van der Waals surface area contributed by atoms with Gasteiger partial charge >= 0.3 is 0 Å². The van der Waals surface area contributed by atoms with E-state index in [1.54, 1.807) is 19.5 Å². The van der Waals surface area contributed by atoms with Gasteiger partial charge in [-0.3, -0.25) is 9.78 Å². The summed E-state index contributed by atoms with van der Waals surface area (Å²) in [4.78, 5) is 16.6. The van der Waals surface area contributed by atoms with Crippen molar-refractivity contribution >= 4 is 30.7 Å². The van der Waals surface area contributed by atoms with Crippen molar-refractivity contribution < 1.29 is 9.53 Å². The molecule has 1 aromatic heterocycles. The van der Waals surface area contributed by atoms with Gasteiger partial charge in [-0.25, -0.2) is 0 Å². The molecule has 1 aromatic carbocycles. The molecule has 5 nitrogen and oxygen atoms in total. The second-order valence-electron chi connectivity index (χ2n) is 6.82. The second kappa shape index (κ2) is 11.9. The number of hydrogen-bond acceptors (Lipinski definition) is 4. The van der Waals surface area contributed by atoms with Gasteiger partial charge in [0.15, 0.2) is 0 Å². The van der Waals surface area contributed by atoms with Gasteiger partial charge in [-0.2, -0.15) is 0 Å². The number of amides is 1. The lowest BCUT2D eigenvalue weighted by molar-refractivity contribution is -0.126. The summed E-state index contributed by atoms with van der Waals surface area (Å²) < 4.78 is 5.47. The molecule has 7 heteroatoms. The van der Waals surface area contributed by atoms with Gasteiger partial charge in [0, 0.05) is 36.5 Å². The third kappa shape index (κ3) is 6.09. The molecule has 0 atom stereocenters. The van der Waals surface area contributed by atoms with Gasteiger partial charge < -0.3 is 15.4 Å². The molecule has 1 heterocycles. The van der Waals surface area contributed by atoms with Crippen molar-refractivity contribution in [3.8, 4) is 16.9 Å². The normalized spacial score (nSPS) is 18.4. The van der Waals surface area contributed by atoms with Crippen molar-refractivity contribution in [3.63, 3.8) is 0 Å². The van der Waals surface area contributed by atoms with Crippen LogP contribution in [-0.4, -0.2) is 31.1 Å². The van der Waals surface area contributed by atoms with Crippen LogP contribution in [0.1, 0.15) is 31.2 Å². The average molecular weight is 426 g/mol. The van der Waals surface area contributed by atoms with Gasteiger partial charge in [0.2, 0.25) is 5.91 Å². The predicted octanol–water partition coefficient (Wildman–Crippen LogP) is 4.00. The standard InChI is InChI=1S/C21H27N3O2.2ClH/c1-22-19-6-3-16(4-7-19)21(25)24-14-18-13-17(5-8-20(18)26-2)15-9-11-23-12-10-15;;/h5,8-13,16,19,22H,3-4,6-7,14H2,1-2H3,(H,24,25);2*1H. The molecular weight excluding hydrogens is 397 g/mol. The monoisotopic (exact) mass is 425 g/mol. The van der Waals surface area contributed by atoms with Crippen molar-refractivity contribution in [2.45, 2.75) is 38.3 Å². The lowest BCUT2D eigenvalue weighted by Crippen LogP contribution is -2.37. The summed E-state index contributed by atoms with van der Waals surface area (Å²) in [5.74, 6) is 1.06. The number of hydrogen-bond donors (Lipinski definition) is 2. The van der Waals surface area contributed by atoms with Crippen LogP contribution in [0.2, 0.25) is 0 Å². The van der Waals surface area contributed by atoms with E-state index in [1.165, 1.54) is 0 Å². The van der Waals surface area contributed by atoms with E-state index >= 15 is 0 Å². The third-order valence-electron chi connectivity index (χ3n) is 5.25. The summed E-state index contributed by atoms with van der Waals surface area (Å²) in [5, 5.41) is 6.41. The number of carbonyl (C=O) groups is 1. The molecule has 1 aliphatic rings. The van der Waals surface area contributed by atoms with Crippen molar-refractivity contribution in [1.29, 1.82) is 0 Å². The Morgan fingerprint density at radius 1 is 1.07 bits per heavy atom. The van der Waals surface area contributed by atoms with E-state index in [0.717, 1.165) is 48.1 Å². The molecule has 3 rings (SSSR count). The summed E-state index contributed by atoms with van der Waals surface area (Å²) in [5.41, 5.74) is 3.17. The molecule has 0 unspecified atom stereocenters. The van der Waals surface area contributed by atoms with Crippen molar-refractivity contribution in [2.75, 3.05) is 14.2 Å². The number of benzene rings is 1. The van der Waals surface area contributed by atoms with Crippen LogP contribution in [0.3, 0.4) is 0 Å². The fourth-order valence-corrected chi connectivity index (χ4v) is 3.61. The molecule has 0 bridgehead atoms. The third-order valence-corrected chi connectivity index (χ3v) is 5.25. The lowest BCUT2D eigenvalue weighted by Gasteiger charge is -2.27. The highest BCUT2D eigenvalue weighted by Crippen LogP contribution is 2.27. The van der Waals surface area contributed by atoms with Crippen LogP contribution >= 0.6 is 24.8 Å². The van der Waals surface area contributed by atoms with Crippen LogP contribution in [0, 0.1) is 5.92 Å². The Balaban J connectivity index is 0.00000196. The number of aromatic nitrogens is 1. The Morgan fingerprint density at radius 2 is 1.75 bits per heavy atom. The molecule has 0 saturated heterocycles. The summed E-state index contributed by atoms with van der Waals surface area (Å²) in [6.07, 6.45) is 7.59. The van der Waals surface area contributed by atoms with Gasteiger partial charge in [0.25, 0.3) is 0 Å².